The maximum atomic E-state index is 13.8. The number of hydrogen-bond donors (Lipinski definition) is 2. The zero-order valence-corrected chi connectivity index (χ0v) is 14.3. The van der Waals surface area contributed by atoms with Gasteiger partial charge < -0.3 is 5.11 Å². The first-order valence-electron chi connectivity index (χ1n) is 7.17. The van der Waals surface area contributed by atoms with E-state index in [-0.39, 0.29) is 4.90 Å². The standard InChI is InChI=1S/C15H20FN3O3S/c1-9(2)8-19-11(4)15(10(3)17-19)23(21,22)18-14-12(16)6-5-7-13(14)20/h5-7,9,18,20H,8H2,1-4H3. The fraction of sp³-hybridized carbons (Fsp3) is 0.400. The maximum Gasteiger partial charge on any atom is 0.265 e. The number of nitrogens with zero attached hydrogens (tertiary/aromatic N) is 2. The molecule has 6 nitrogen and oxygen atoms in total. The first-order chi connectivity index (χ1) is 10.6. The van der Waals surface area contributed by atoms with Crippen LogP contribution >= 0.6 is 0 Å². The van der Waals surface area contributed by atoms with Crippen LogP contribution in [0.5, 0.6) is 5.75 Å². The molecule has 1 aromatic heterocycles. The molecule has 0 bridgehead atoms. The highest BCUT2D eigenvalue weighted by atomic mass is 32.2. The van der Waals surface area contributed by atoms with Crippen LogP contribution in [0.2, 0.25) is 0 Å². The number of nitrogens with one attached hydrogen (secondary N) is 1. The van der Waals surface area contributed by atoms with Gasteiger partial charge in [0.25, 0.3) is 10.0 Å². The number of aromatic hydroxyl groups is 1. The highest BCUT2D eigenvalue weighted by Crippen LogP contribution is 2.30. The summed E-state index contributed by atoms with van der Waals surface area (Å²) in [4.78, 5) is 0.000744. The first-order valence-corrected chi connectivity index (χ1v) is 8.66. The number of halogens is 1. The van der Waals surface area contributed by atoms with Gasteiger partial charge in [-0.1, -0.05) is 19.9 Å². The molecule has 2 aromatic rings. The van der Waals surface area contributed by atoms with E-state index < -0.39 is 27.3 Å². The number of anilines is 1. The SMILES string of the molecule is Cc1nn(CC(C)C)c(C)c1S(=O)(=O)Nc1c(O)cccc1F. The Balaban J connectivity index is 2.47. The lowest BCUT2D eigenvalue weighted by Crippen LogP contribution is -2.16. The number of hydrogen-bond acceptors (Lipinski definition) is 4. The molecule has 2 rings (SSSR count). The van der Waals surface area contributed by atoms with E-state index in [0.717, 1.165) is 6.07 Å². The van der Waals surface area contributed by atoms with Gasteiger partial charge in [0.1, 0.15) is 16.3 Å². The number of aryl methyl sites for hydroxylation is 1. The molecule has 0 atom stereocenters. The first kappa shape index (κ1) is 17.3. The predicted octanol–water partition coefficient (Wildman–Crippen LogP) is 2.80. The predicted molar refractivity (Wildman–Crippen MR) is 85.4 cm³/mol. The topological polar surface area (TPSA) is 84.2 Å². The summed E-state index contributed by atoms with van der Waals surface area (Å²) in [6.07, 6.45) is 0. The van der Waals surface area contributed by atoms with Crippen molar-refractivity contribution in [1.82, 2.24) is 9.78 Å². The van der Waals surface area contributed by atoms with Crippen molar-refractivity contribution in [2.24, 2.45) is 5.92 Å². The van der Waals surface area contributed by atoms with Crippen LogP contribution in [0.4, 0.5) is 10.1 Å². The number of sulfonamides is 1. The van der Waals surface area contributed by atoms with Crippen molar-refractivity contribution in [2.45, 2.75) is 39.1 Å². The molecule has 0 unspecified atom stereocenters. The number of benzene rings is 1. The van der Waals surface area contributed by atoms with Crippen molar-refractivity contribution in [1.29, 1.82) is 0 Å². The van der Waals surface area contributed by atoms with E-state index in [9.17, 15) is 17.9 Å². The molecule has 8 heteroatoms. The van der Waals surface area contributed by atoms with Gasteiger partial charge in [0.05, 0.1) is 11.4 Å². The third-order valence-electron chi connectivity index (χ3n) is 3.35. The highest BCUT2D eigenvalue weighted by Gasteiger charge is 2.26. The van der Waals surface area contributed by atoms with Gasteiger partial charge in [-0.15, -0.1) is 0 Å². The van der Waals surface area contributed by atoms with E-state index in [1.807, 2.05) is 13.8 Å². The molecule has 0 aliphatic carbocycles. The molecule has 0 aliphatic heterocycles. The van der Waals surface area contributed by atoms with Gasteiger partial charge in [0.15, 0.2) is 5.82 Å². The summed E-state index contributed by atoms with van der Waals surface area (Å²) in [5, 5.41) is 13.9. The second-order valence-corrected chi connectivity index (χ2v) is 7.43. The lowest BCUT2D eigenvalue weighted by molar-refractivity contribution is 0.471. The second kappa shape index (κ2) is 6.19. The maximum absolute atomic E-state index is 13.8. The minimum atomic E-state index is -4.07. The summed E-state index contributed by atoms with van der Waals surface area (Å²) in [5.74, 6) is -1.02. The van der Waals surface area contributed by atoms with Gasteiger partial charge in [-0.3, -0.25) is 9.40 Å². The van der Waals surface area contributed by atoms with Crippen LogP contribution in [0.15, 0.2) is 23.1 Å². The number of aromatic nitrogens is 2. The zero-order chi connectivity index (χ0) is 17.4. The van der Waals surface area contributed by atoms with Crippen LogP contribution in [0.1, 0.15) is 25.2 Å². The summed E-state index contributed by atoms with van der Waals surface area (Å²) in [6.45, 7) is 7.81. The van der Waals surface area contributed by atoms with Crippen LogP contribution in [-0.4, -0.2) is 23.3 Å². The van der Waals surface area contributed by atoms with Crippen molar-refractivity contribution < 1.29 is 17.9 Å². The molecule has 0 radical (unpaired) electrons. The fourth-order valence-electron chi connectivity index (χ4n) is 2.39. The number of para-hydroxylation sites is 1. The number of phenolic OH excluding ortho intramolecular Hbond substituents is 1. The van der Waals surface area contributed by atoms with Crippen molar-refractivity contribution >= 4 is 15.7 Å². The number of rotatable bonds is 5. The molecule has 126 valence electrons. The van der Waals surface area contributed by atoms with E-state index in [2.05, 4.69) is 9.82 Å². The van der Waals surface area contributed by atoms with Crippen LogP contribution in [0.3, 0.4) is 0 Å². The van der Waals surface area contributed by atoms with E-state index in [1.165, 1.54) is 12.1 Å². The minimum Gasteiger partial charge on any atom is -0.506 e. The lowest BCUT2D eigenvalue weighted by Gasteiger charge is -2.11. The lowest BCUT2D eigenvalue weighted by atomic mass is 10.2. The van der Waals surface area contributed by atoms with Gasteiger partial charge in [-0.05, 0) is 31.9 Å². The van der Waals surface area contributed by atoms with Gasteiger partial charge in [-0.25, -0.2) is 12.8 Å². The quantitative estimate of drug-likeness (QED) is 0.819. The third kappa shape index (κ3) is 3.47. The van der Waals surface area contributed by atoms with Crippen LogP contribution in [0, 0.1) is 25.6 Å². The van der Waals surface area contributed by atoms with Gasteiger partial charge in [0, 0.05) is 6.54 Å². The van der Waals surface area contributed by atoms with Crippen molar-refractivity contribution in [3.63, 3.8) is 0 Å². The molecule has 0 saturated heterocycles. The van der Waals surface area contributed by atoms with Gasteiger partial charge >= 0.3 is 0 Å². The zero-order valence-electron chi connectivity index (χ0n) is 13.5. The van der Waals surface area contributed by atoms with Crippen molar-refractivity contribution in [2.75, 3.05) is 4.72 Å². The summed E-state index contributed by atoms with van der Waals surface area (Å²) in [5.41, 5.74) is 0.328. The fourth-order valence-corrected chi connectivity index (χ4v) is 3.89. The summed E-state index contributed by atoms with van der Waals surface area (Å²) < 4.78 is 42.7. The normalized spacial score (nSPS) is 11.9. The Hall–Kier alpha value is -2.09. The highest BCUT2D eigenvalue weighted by molar-refractivity contribution is 7.92. The Morgan fingerprint density at radius 3 is 2.57 bits per heavy atom. The molecule has 1 aromatic carbocycles. The average molecular weight is 341 g/mol. The van der Waals surface area contributed by atoms with E-state index >= 15 is 0 Å². The summed E-state index contributed by atoms with van der Waals surface area (Å²) in [6, 6.07) is 3.57. The largest absolute Gasteiger partial charge is 0.506 e. The molecular weight excluding hydrogens is 321 g/mol. The monoisotopic (exact) mass is 341 g/mol. The Bertz CT molecular complexity index is 808. The Morgan fingerprint density at radius 1 is 1.35 bits per heavy atom. The molecule has 1 heterocycles. The number of phenols is 1. The van der Waals surface area contributed by atoms with E-state index in [4.69, 9.17) is 0 Å². The van der Waals surface area contributed by atoms with Crippen LogP contribution in [-0.2, 0) is 16.6 Å². The second-order valence-electron chi connectivity index (χ2n) is 5.82. The van der Waals surface area contributed by atoms with E-state index in [0.29, 0.717) is 23.9 Å². The average Bonchev–Trinajstić information content (AvgIpc) is 2.69. The van der Waals surface area contributed by atoms with Gasteiger partial charge in [-0.2, -0.15) is 5.10 Å². The molecule has 0 saturated carbocycles. The Morgan fingerprint density at radius 2 is 2.00 bits per heavy atom. The van der Waals surface area contributed by atoms with Crippen LogP contribution in [0.25, 0.3) is 0 Å². The van der Waals surface area contributed by atoms with E-state index in [1.54, 1.807) is 18.5 Å². The van der Waals surface area contributed by atoms with Crippen molar-refractivity contribution in [3.8, 4) is 5.75 Å². The Kier molecular flexibility index (Phi) is 4.65. The molecule has 2 N–H and O–H groups in total. The summed E-state index contributed by atoms with van der Waals surface area (Å²) in [7, 11) is -4.07. The molecule has 23 heavy (non-hydrogen) atoms. The summed E-state index contributed by atoms with van der Waals surface area (Å²) >= 11 is 0. The molecule has 0 aliphatic rings. The molecule has 0 spiro atoms. The molecular formula is C15H20FN3O3S. The third-order valence-corrected chi connectivity index (χ3v) is 4.95. The molecule has 0 amide bonds. The minimum absolute atomic E-state index is 0.000744. The smallest absolute Gasteiger partial charge is 0.265 e. The Labute approximate surface area is 135 Å². The van der Waals surface area contributed by atoms with Crippen molar-refractivity contribution in [3.05, 3.63) is 35.4 Å². The molecule has 0 fully saturated rings. The van der Waals surface area contributed by atoms with Crippen LogP contribution < -0.4 is 4.72 Å². The van der Waals surface area contributed by atoms with Gasteiger partial charge in [0.2, 0.25) is 0 Å².